The van der Waals surface area contributed by atoms with Crippen molar-refractivity contribution in [3.8, 4) is 23.0 Å². The molecule has 4 aromatic carbocycles. The van der Waals surface area contributed by atoms with Crippen LogP contribution < -0.4 is 9.47 Å². The normalized spacial score (nSPS) is 12.1. The molecule has 10 heteroatoms. The Hall–Kier alpha value is -4.28. The molecule has 0 fully saturated rings. The number of hydrogen-bond acceptors (Lipinski definition) is 8. The smallest absolute Gasteiger partial charge is 0.260 e. The predicted octanol–water partition coefficient (Wildman–Crippen LogP) is 5.12. The fourth-order valence-corrected chi connectivity index (χ4v) is 5.97. The molecule has 38 heavy (non-hydrogen) atoms. The van der Waals surface area contributed by atoms with Crippen molar-refractivity contribution in [3.63, 3.8) is 0 Å². The molecule has 0 saturated heterocycles. The Morgan fingerprint density at radius 3 is 1.13 bits per heavy atom. The fourth-order valence-electron chi connectivity index (χ4n) is 3.45. The fraction of sp³-hybridized carbons (Fsp3) is 0.0714. The summed E-state index contributed by atoms with van der Waals surface area (Å²) in [7, 11) is -7.54. The van der Waals surface area contributed by atoms with E-state index in [9.17, 15) is 27.0 Å². The molecule has 0 saturated carbocycles. The number of rotatable bonds is 9. The molecule has 0 bridgehead atoms. The third-order valence-corrected chi connectivity index (χ3v) is 8.99. The molecule has 0 aliphatic heterocycles. The van der Waals surface area contributed by atoms with Gasteiger partial charge in [-0.2, -0.15) is 0 Å². The molecule has 0 heterocycles. The van der Waals surface area contributed by atoms with E-state index in [4.69, 9.17) is 9.47 Å². The average molecular weight is 553 g/mol. The van der Waals surface area contributed by atoms with Gasteiger partial charge in [-0.3, -0.25) is 0 Å². The highest BCUT2D eigenvalue weighted by Gasteiger charge is 2.20. The zero-order valence-corrected chi connectivity index (χ0v) is 21.8. The summed E-state index contributed by atoms with van der Waals surface area (Å²) in [5.41, 5.74) is 0. The Bertz CT molecular complexity index is 1500. The Morgan fingerprint density at radius 2 is 0.842 bits per heavy atom. The number of phenols is 2. The molecule has 0 spiro atoms. The topological polar surface area (TPSA) is 127 Å². The van der Waals surface area contributed by atoms with E-state index in [2.05, 4.69) is 0 Å². The van der Waals surface area contributed by atoms with Crippen LogP contribution in [0.1, 0.15) is 6.92 Å². The first-order valence-corrected chi connectivity index (χ1v) is 14.3. The van der Waals surface area contributed by atoms with E-state index < -0.39 is 26.0 Å². The van der Waals surface area contributed by atoms with E-state index in [0.29, 0.717) is 11.5 Å². The van der Waals surface area contributed by atoms with Gasteiger partial charge in [0, 0.05) is 0 Å². The number of benzene rings is 4. The largest absolute Gasteiger partial charge is 0.508 e. The molecule has 2 N–H and O–H groups in total. The summed E-state index contributed by atoms with van der Waals surface area (Å²) in [5, 5.41) is 18.8. The van der Waals surface area contributed by atoms with Crippen LogP contribution in [0, 0.1) is 0 Å². The van der Waals surface area contributed by atoms with Crippen molar-refractivity contribution in [1.29, 1.82) is 0 Å². The molecule has 4 aromatic rings. The van der Waals surface area contributed by atoms with Gasteiger partial charge in [0.25, 0.3) is 6.29 Å². The molecule has 0 amide bonds. The van der Waals surface area contributed by atoms with Gasteiger partial charge in [0.1, 0.15) is 23.0 Å². The minimum atomic E-state index is -3.77. The minimum absolute atomic E-state index is 0.0312. The molecular weight excluding hydrogens is 528 g/mol. The van der Waals surface area contributed by atoms with Crippen molar-refractivity contribution in [1.82, 2.24) is 0 Å². The van der Waals surface area contributed by atoms with Gasteiger partial charge >= 0.3 is 0 Å². The van der Waals surface area contributed by atoms with Crippen molar-refractivity contribution in [2.24, 2.45) is 0 Å². The third kappa shape index (κ3) is 5.99. The van der Waals surface area contributed by atoms with E-state index in [1.165, 1.54) is 97.1 Å². The Morgan fingerprint density at radius 1 is 0.553 bits per heavy atom. The number of hydrogen-bond donors (Lipinski definition) is 2. The lowest BCUT2D eigenvalue weighted by Gasteiger charge is -2.18. The lowest BCUT2D eigenvalue weighted by Crippen LogP contribution is -2.21. The summed E-state index contributed by atoms with van der Waals surface area (Å²) >= 11 is 0. The maximum Gasteiger partial charge on any atom is 0.260 e. The van der Waals surface area contributed by atoms with Crippen LogP contribution in [0.15, 0.2) is 129 Å². The van der Waals surface area contributed by atoms with Crippen LogP contribution in [0.25, 0.3) is 0 Å². The number of ether oxygens (including phenoxy) is 2. The second-order valence-corrected chi connectivity index (χ2v) is 12.0. The van der Waals surface area contributed by atoms with Crippen molar-refractivity contribution in [3.05, 3.63) is 109 Å². The van der Waals surface area contributed by atoms with E-state index in [-0.39, 0.29) is 31.1 Å². The molecule has 0 aromatic heterocycles. The second-order valence-electron chi connectivity index (χ2n) is 8.07. The molecule has 0 radical (unpaired) electrons. The maximum atomic E-state index is 12.8. The summed E-state index contributed by atoms with van der Waals surface area (Å²) in [6, 6.07) is 22.2. The monoisotopic (exact) mass is 552 g/mol. The molecule has 8 nitrogen and oxygen atoms in total. The molecule has 196 valence electrons. The zero-order valence-electron chi connectivity index (χ0n) is 20.1. The first-order valence-electron chi connectivity index (χ1n) is 11.3. The molecular formula is C28H24O8S2. The van der Waals surface area contributed by atoms with Gasteiger partial charge in [-0.25, -0.2) is 16.8 Å². The summed E-state index contributed by atoms with van der Waals surface area (Å²) in [6.07, 6.45) is 2.49. The van der Waals surface area contributed by atoms with Crippen LogP contribution in [0.4, 0.5) is 0 Å². The summed E-state index contributed by atoms with van der Waals surface area (Å²) in [4.78, 5) is 0.221. The highest BCUT2D eigenvalue weighted by atomic mass is 32.2. The summed E-state index contributed by atoms with van der Waals surface area (Å²) < 4.78 is 62.9. The zero-order chi connectivity index (χ0) is 27.3. The van der Waals surface area contributed by atoms with Crippen LogP contribution >= 0.6 is 0 Å². The highest BCUT2D eigenvalue weighted by Crippen LogP contribution is 2.27. The number of allylic oxidation sites excluding steroid dienone is 1. The molecule has 0 unspecified atom stereocenters. The minimum Gasteiger partial charge on any atom is -0.508 e. The van der Waals surface area contributed by atoms with Crippen LogP contribution in [-0.2, 0) is 19.7 Å². The van der Waals surface area contributed by atoms with Crippen molar-refractivity contribution in [2.45, 2.75) is 32.8 Å². The van der Waals surface area contributed by atoms with E-state index >= 15 is 0 Å². The maximum absolute atomic E-state index is 12.8. The van der Waals surface area contributed by atoms with Gasteiger partial charge in [0.15, 0.2) is 0 Å². The van der Waals surface area contributed by atoms with E-state index in [1.54, 1.807) is 19.1 Å². The number of sulfone groups is 2. The lowest BCUT2D eigenvalue weighted by molar-refractivity contribution is 0.0470. The molecule has 0 aliphatic rings. The van der Waals surface area contributed by atoms with Crippen LogP contribution in [0.2, 0.25) is 0 Å². The van der Waals surface area contributed by atoms with Gasteiger partial charge in [-0.15, -0.1) is 0 Å². The number of aromatic hydroxyl groups is 2. The highest BCUT2D eigenvalue weighted by molar-refractivity contribution is 7.91. The van der Waals surface area contributed by atoms with Crippen molar-refractivity contribution < 1.29 is 36.5 Å². The Balaban J connectivity index is 1.47. The number of phenolic OH excluding ortho intramolecular Hbond substituents is 2. The van der Waals surface area contributed by atoms with Crippen LogP contribution in [-0.4, -0.2) is 33.3 Å². The SMILES string of the molecule is C/C=C/C(Oc1ccc(S(=O)(=O)c2ccc(O)cc2)cc1)Oc1ccc(S(=O)(=O)c2ccc(O)cc2)cc1. The first-order chi connectivity index (χ1) is 18.1. The van der Waals surface area contributed by atoms with E-state index in [1.807, 2.05) is 0 Å². The quantitative estimate of drug-likeness (QED) is 0.216. The van der Waals surface area contributed by atoms with Gasteiger partial charge < -0.3 is 19.7 Å². The van der Waals surface area contributed by atoms with Gasteiger partial charge in [0.2, 0.25) is 19.7 Å². The Kier molecular flexibility index (Phi) is 7.75. The lowest BCUT2D eigenvalue weighted by atomic mass is 10.3. The molecule has 0 aliphatic carbocycles. The van der Waals surface area contributed by atoms with Crippen molar-refractivity contribution in [2.75, 3.05) is 0 Å². The Labute approximate surface area is 220 Å². The third-order valence-electron chi connectivity index (χ3n) is 5.42. The molecule has 4 rings (SSSR count). The standard InChI is InChI=1S/C28H24O8S2/c1-2-3-28(35-22-8-16-26(17-9-22)37(31,32)24-12-4-20(29)5-13-24)36-23-10-18-27(19-11-23)38(33,34)25-14-6-21(30)7-15-25/h2-19,28-30H,1H3/b3-2+. The van der Waals surface area contributed by atoms with Crippen molar-refractivity contribution >= 4 is 19.7 Å². The van der Waals surface area contributed by atoms with Crippen LogP contribution in [0.5, 0.6) is 23.0 Å². The second kappa shape index (κ2) is 11.0. The predicted molar refractivity (Wildman–Crippen MR) is 140 cm³/mol. The summed E-state index contributed by atoms with van der Waals surface area (Å²) in [6.45, 7) is 1.78. The van der Waals surface area contributed by atoms with Gasteiger partial charge in [0.05, 0.1) is 19.6 Å². The van der Waals surface area contributed by atoms with Gasteiger partial charge in [-0.05, 0) is 110 Å². The van der Waals surface area contributed by atoms with Crippen LogP contribution in [0.3, 0.4) is 0 Å². The van der Waals surface area contributed by atoms with Gasteiger partial charge in [-0.1, -0.05) is 6.08 Å². The van der Waals surface area contributed by atoms with E-state index in [0.717, 1.165) is 0 Å². The average Bonchev–Trinajstić information content (AvgIpc) is 2.90. The summed E-state index contributed by atoms with van der Waals surface area (Å²) in [5.74, 6) is 0.640. The molecule has 0 atom stereocenters. The first kappa shape index (κ1) is 26.8.